The molecule has 0 aromatic heterocycles. The van der Waals surface area contributed by atoms with E-state index in [-0.39, 0.29) is 4.83 Å². The van der Waals surface area contributed by atoms with Gasteiger partial charge >= 0.3 is 0 Å². The van der Waals surface area contributed by atoms with E-state index in [1.54, 1.807) is 6.08 Å². The van der Waals surface area contributed by atoms with Gasteiger partial charge in [-0.1, -0.05) is 47.3 Å². The third-order valence-electron chi connectivity index (χ3n) is 1.44. The van der Waals surface area contributed by atoms with Gasteiger partial charge in [0.05, 0.1) is 11.4 Å². The molecule has 0 aliphatic carbocycles. The van der Waals surface area contributed by atoms with Crippen LogP contribution in [0.3, 0.4) is 0 Å². The average molecular weight is 259 g/mol. The fourth-order valence-corrected chi connectivity index (χ4v) is 0.906. The molecular formula is C11H15BrO2. The highest BCUT2D eigenvalue weighted by Gasteiger charge is 2.00. The van der Waals surface area contributed by atoms with E-state index in [0.29, 0.717) is 19.6 Å². The van der Waals surface area contributed by atoms with Gasteiger partial charge in [0, 0.05) is 6.61 Å². The number of allylic oxidation sites excluding steroid dienone is 2. The predicted molar refractivity (Wildman–Crippen MR) is 62.7 cm³/mol. The van der Waals surface area contributed by atoms with Gasteiger partial charge in [0.15, 0.2) is 0 Å². The molecule has 0 amide bonds. The normalized spacial score (nSPS) is 12.6. The van der Waals surface area contributed by atoms with Crippen LogP contribution in [0.4, 0.5) is 0 Å². The molecule has 0 spiro atoms. The van der Waals surface area contributed by atoms with Crippen LogP contribution in [0.25, 0.3) is 0 Å². The molecule has 0 aromatic rings. The predicted octanol–water partition coefficient (Wildman–Crippen LogP) is 2.65. The minimum Gasteiger partial charge on any atom is -0.377 e. The van der Waals surface area contributed by atoms with Gasteiger partial charge < -0.3 is 9.53 Å². The number of carbonyl (C=O) groups excluding carboxylic acids is 1. The molecule has 0 aromatic carbocycles. The fraction of sp³-hybridized carbons (Fsp3) is 0.364. The Labute approximate surface area is 93.5 Å². The quantitative estimate of drug-likeness (QED) is 0.290. The zero-order valence-corrected chi connectivity index (χ0v) is 9.70. The molecule has 0 aliphatic heterocycles. The maximum Gasteiger partial charge on any atom is 0.133 e. The second kappa shape index (κ2) is 8.91. The number of halogens is 1. The van der Waals surface area contributed by atoms with Crippen molar-refractivity contribution in [2.24, 2.45) is 0 Å². The first-order chi connectivity index (χ1) is 6.70. The molecule has 0 fully saturated rings. The SMILES string of the molecule is C=C/C=C\C(=C)COCCC(Br)C=O. The molecule has 0 radical (unpaired) electrons. The summed E-state index contributed by atoms with van der Waals surface area (Å²) in [7, 11) is 0. The van der Waals surface area contributed by atoms with Crippen LogP contribution in [0.1, 0.15) is 6.42 Å². The van der Waals surface area contributed by atoms with E-state index in [1.165, 1.54) is 0 Å². The molecule has 0 heterocycles. The number of hydrogen-bond donors (Lipinski definition) is 0. The van der Waals surface area contributed by atoms with Crippen molar-refractivity contribution in [1.29, 1.82) is 0 Å². The molecule has 0 aliphatic rings. The highest BCUT2D eigenvalue weighted by Crippen LogP contribution is 2.02. The van der Waals surface area contributed by atoms with E-state index in [1.807, 2.05) is 12.2 Å². The van der Waals surface area contributed by atoms with Crippen LogP contribution >= 0.6 is 15.9 Å². The number of rotatable bonds is 8. The van der Waals surface area contributed by atoms with Crippen LogP contribution in [-0.4, -0.2) is 24.3 Å². The van der Waals surface area contributed by atoms with Gasteiger partial charge in [-0.25, -0.2) is 0 Å². The van der Waals surface area contributed by atoms with Gasteiger partial charge in [-0.15, -0.1) is 0 Å². The summed E-state index contributed by atoms with van der Waals surface area (Å²) in [4.78, 5) is 10.1. The summed E-state index contributed by atoms with van der Waals surface area (Å²) in [5, 5.41) is 0. The maximum absolute atomic E-state index is 10.2. The molecule has 0 bridgehead atoms. The fourth-order valence-electron chi connectivity index (χ4n) is 0.719. The smallest absolute Gasteiger partial charge is 0.133 e. The first kappa shape index (κ1) is 13.3. The zero-order chi connectivity index (χ0) is 10.8. The summed E-state index contributed by atoms with van der Waals surface area (Å²) in [6.07, 6.45) is 6.88. The third-order valence-corrected chi connectivity index (χ3v) is 2.11. The molecule has 0 saturated heterocycles. The van der Waals surface area contributed by atoms with E-state index in [0.717, 1.165) is 11.9 Å². The minimum atomic E-state index is -0.112. The van der Waals surface area contributed by atoms with E-state index < -0.39 is 0 Å². The molecule has 1 unspecified atom stereocenters. The Morgan fingerprint density at radius 2 is 2.29 bits per heavy atom. The lowest BCUT2D eigenvalue weighted by molar-refractivity contribution is -0.107. The molecule has 78 valence electrons. The van der Waals surface area contributed by atoms with Gasteiger partial charge in [0.2, 0.25) is 0 Å². The van der Waals surface area contributed by atoms with Gasteiger partial charge in [0.1, 0.15) is 6.29 Å². The zero-order valence-electron chi connectivity index (χ0n) is 8.12. The molecule has 0 saturated carbocycles. The Morgan fingerprint density at radius 3 is 2.86 bits per heavy atom. The minimum absolute atomic E-state index is 0.112. The molecule has 14 heavy (non-hydrogen) atoms. The second-order valence-electron chi connectivity index (χ2n) is 2.75. The summed E-state index contributed by atoms with van der Waals surface area (Å²) in [5.41, 5.74) is 0.891. The highest BCUT2D eigenvalue weighted by molar-refractivity contribution is 9.09. The lowest BCUT2D eigenvalue weighted by Crippen LogP contribution is -2.06. The van der Waals surface area contributed by atoms with Crippen LogP contribution in [0, 0.1) is 0 Å². The number of alkyl halides is 1. The second-order valence-corrected chi connectivity index (χ2v) is 3.92. The number of carbonyl (C=O) groups is 1. The van der Waals surface area contributed by atoms with E-state index in [2.05, 4.69) is 29.1 Å². The van der Waals surface area contributed by atoms with E-state index in [9.17, 15) is 4.79 Å². The first-order valence-electron chi connectivity index (χ1n) is 4.34. The van der Waals surface area contributed by atoms with Crippen LogP contribution < -0.4 is 0 Å². The van der Waals surface area contributed by atoms with Crippen LogP contribution in [0.5, 0.6) is 0 Å². The Bertz CT molecular complexity index is 221. The Morgan fingerprint density at radius 1 is 1.57 bits per heavy atom. The van der Waals surface area contributed by atoms with Crippen molar-refractivity contribution < 1.29 is 9.53 Å². The van der Waals surface area contributed by atoms with Gasteiger partial charge in [-0.3, -0.25) is 0 Å². The van der Waals surface area contributed by atoms with Crippen molar-refractivity contribution in [3.8, 4) is 0 Å². The summed E-state index contributed by atoms with van der Waals surface area (Å²) < 4.78 is 5.29. The number of hydrogen-bond acceptors (Lipinski definition) is 2. The lowest BCUT2D eigenvalue weighted by atomic mass is 10.3. The van der Waals surface area contributed by atoms with Gasteiger partial charge in [0.25, 0.3) is 0 Å². The summed E-state index contributed by atoms with van der Waals surface area (Å²) in [6, 6.07) is 0. The standard InChI is InChI=1S/C11H15BrO2/c1-3-4-5-10(2)9-14-7-6-11(12)8-13/h3-5,8,11H,1-2,6-7,9H2/b5-4-. The number of ether oxygens (including phenoxy) is 1. The van der Waals surface area contributed by atoms with E-state index >= 15 is 0 Å². The van der Waals surface area contributed by atoms with E-state index in [4.69, 9.17) is 4.74 Å². The van der Waals surface area contributed by atoms with Crippen molar-refractivity contribution in [3.63, 3.8) is 0 Å². The van der Waals surface area contributed by atoms with Crippen molar-refractivity contribution in [3.05, 3.63) is 37.0 Å². The summed E-state index contributed by atoms with van der Waals surface area (Å²) in [6.45, 7) is 8.38. The molecule has 1 atom stereocenters. The Hall–Kier alpha value is -0.670. The molecule has 0 rings (SSSR count). The largest absolute Gasteiger partial charge is 0.377 e. The monoisotopic (exact) mass is 258 g/mol. The molecule has 0 N–H and O–H groups in total. The Kier molecular flexibility index (Phi) is 8.48. The van der Waals surface area contributed by atoms with Crippen molar-refractivity contribution in [2.75, 3.05) is 13.2 Å². The molecule has 2 nitrogen and oxygen atoms in total. The van der Waals surface area contributed by atoms with Crippen LogP contribution in [0.15, 0.2) is 37.0 Å². The van der Waals surface area contributed by atoms with Crippen LogP contribution in [-0.2, 0) is 9.53 Å². The van der Waals surface area contributed by atoms with Gasteiger partial charge in [-0.05, 0) is 12.0 Å². The average Bonchev–Trinajstić information content (AvgIpc) is 2.21. The van der Waals surface area contributed by atoms with Crippen molar-refractivity contribution >= 4 is 22.2 Å². The first-order valence-corrected chi connectivity index (χ1v) is 5.26. The van der Waals surface area contributed by atoms with Crippen molar-refractivity contribution in [2.45, 2.75) is 11.2 Å². The summed E-state index contributed by atoms with van der Waals surface area (Å²) >= 11 is 3.19. The topological polar surface area (TPSA) is 26.3 Å². The lowest BCUT2D eigenvalue weighted by Gasteiger charge is -2.04. The Balaban J connectivity index is 3.44. The number of aldehydes is 1. The molecule has 3 heteroatoms. The van der Waals surface area contributed by atoms with Gasteiger partial charge in [-0.2, -0.15) is 0 Å². The van der Waals surface area contributed by atoms with Crippen LogP contribution in [0.2, 0.25) is 0 Å². The summed E-state index contributed by atoms with van der Waals surface area (Å²) in [5.74, 6) is 0. The molecular weight excluding hydrogens is 244 g/mol. The maximum atomic E-state index is 10.2. The third kappa shape index (κ3) is 7.95. The highest BCUT2D eigenvalue weighted by atomic mass is 79.9. The van der Waals surface area contributed by atoms with Crippen molar-refractivity contribution in [1.82, 2.24) is 0 Å².